The minimum absolute atomic E-state index is 0.340. The number of carbonyl (C=O) groups excluding carboxylic acids is 1. The van der Waals surface area contributed by atoms with Crippen molar-refractivity contribution in [2.24, 2.45) is 5.73 Å². The third kappa shape index (κ3) is 2.67. The fourth-order valence-corrected chi connectivity index (χ4v) is 1.10. The number of carbonyl (C=O) groups is 2. The Morgan fingerprint density at radius 1 is 1.29 bits per heavy atom. The molecule has 0 amide bonds. The van der Waals surface area contributed by atoms with Gasteiger partial charge in [-0.25, -0.2) is 0 Å². The Morgan fingerprint density at radius 3 is 2.36 bits per heavy atom. The van der Waals surface area contributed by atoms with E-state index in [4.69, 9.17) is 10.8 Å². The molecule has 0 spiro atoms. The third-order valence-electron chi connectivity index (χ3n) is 1.79. The molecule has 1 unspecified atom stereocenters. The number of ketones is 1. The Kier molecular flexibility index (Phi) is 3.36. The summed E-state index contributed by atoms with van der Waals surface area (Å²) < 4.78 is 0. The molecule has 1 rings (SSSR count). The molecule has 0 aliphatic heterocycles. The van der Waals surface area contributed by atoms with E-state index in [-0.39, 0.29) is 12.2 Å². The average Bonchev–Trinajstić information content (AvgIpc) is 2.17. The van der Waals surface area contributed by atoms with Gasteiger partial charge in [0.05, 0.1) is 12.5 Å². The molecule has 1 atom stereocenters. The van der Waals surface area contributed by atoms with E-state index in [1.165, 1.54) is 0 Å². The van der Waals surface area contributed by atoms with Crippen LogP contribution in [0.25, 0.3) is 0 Å². The molecule has 4 heteroatoms. The molecule has 0 aliphatic carbocycles. The minimum Gasteiger partial charge on any atom is -0.481 e. The second-order valence-electron chi connectivity index (χ2n) is 2.93. The summed E-state index contributed by atoms with van der Waals surface area (Å²) in [6, 6.07) is 7.46. The van der Waals surface area contributed by atoms with Gasteiger partial charge in [-0.1, -0.05) is 30.3 Å². The van der Waals surface area contributed by atoms with E-state index in [0.29, 0.717) is 5.56 Å². The first-order valence-electron chi connectivity index (χ1n) is 4.18. The molecule has 74 valence electrons. The highest BCUT2D eigenvalue weighted by molar-refractivity contribution is 6.01. The van der Waals surface area contributed by atoms with Crippen molar-refractivity contribution in [1.29, 1.82) is 0 Å². The highest BCUT2D eigenvalue weighted by atomic mass is 16.4. The zero-order valence-electron chi connectivity index (χ0n) is 7.51. The second-order valence-corrected chi connectivity index (χ2v) is 2.93. The van der Waals surface area contributed by atoms with Crippen molar-refractivity contribution in [3.8, 4) is 0 Å². The molecule has 0 heterocycles. The van der Waals surface area contributed by atoms with E-state index >= 15 is 0 Å². The average molecular weight is 193 g/mol. The number of hydrogen-bond donors (Lipinski definition) is 2. The van der Waals surface area contributed by atoms with Gasteiger partial charge in [-0.15, -0.1) is 0 Å². The normalized spacial score (nSPS) is 12.1. The lowest BCUT2D eigenvalue weighted by molar-refractivity contribution is -0.137. The van der Waals surface area contributed by atoms with Crippen LogP contribution >= 0.6 is 0 Å². The summed E-state index contributed by atoms with van der Waals surface area (Å²) in [5.74, 6) is -1.41. The molecule has 0 aromatic heterocycles. The molecule has 3 N–H and O–H groups in total. The number of carboxylic acids is 1. The van der Waals surface area contributed by atoms with Crippen LogP contribution in [0.2, 0.25) is 0 Å². The van der Waals surface area contributed by atoms with Gasteiger partial charge in [-0.05, 0) is 0 Å². The quantitative estimate of drug-likeness (QED) is 0.689. The number of nitrogens with two attached hydrogens (primary N) is 1. The molecular weight excluding hydrogens is 182 g/mol. The highest BCUT2D eigenvalue weighted by Crippen LogP contribution is 2.04. The lowest BCUT2D eigenvalue weighted by Crippen LogP contribution is -2.32. The molecule has 0 saturated heterocycles. The molecule has 4 nitrogen and oxygen atoms in total. The second kappa shape index (κ2) is 4.53. The van der Waals surface area contributed by atoms with Crippen molar-refractivity contribution in [2.45, 2.75) is 12.5 Å². The fourth-order valence-electron chi connectivity index (χ4n) is 1.10. The summed E-state index contributed by atoms with van der Waals surface area (Å²) in [6.07, 6.45) is -0.340. The van der Waals surface area contributed by atoms with Crippen molar-refractivity contribution in [2.75, 3.05) is 0 Å². The Balaban J connectivity index is 2.71. The van der Waals surface area contributed by atoms with Crippen molar-refractivity contribution < 1.29 is 14.7 Å². The smallest absolute Gasteiger partial charge is 0.305 e. The molecule has 0 saturated carbocycles. The Labute approximate surface area is 81.3 Å². The van der Waals surface area contributed by atoms with Crippen molar-refractivity contribution in [3.05, 3.63) is 35.9 Å². The zero-order valence-corrected chi connectivity index (χ0v) is 7.51. The molecule has 1 aromatic carbocycles. The first-order valence-corrected chi connectivity index (χ1v) is 4.18. The SMILES string of the molecule is NC(CC(=O)O)C(=O)c1ccccc1. The number of Topliss-reactive ketones (excluding diaryl/α,β-unsaturated/α-hetero) is 1. The number of hydrogen-bond acceptors (Lipinski definition) is 3. The molecule has 14 heavy (non-hydrogen) atoms. The summed E-state index contributed by atoms with van der Waals surface area (Å²) in [4.78, 5) is 21.8. The molecular formula is C10H11NO3. The molecule has 0 aliphatic rings. The number of rotatable bonds is 4. The molecule has 0 radical (unpaired) electrons. The largest absolute Gasteiger partial charge is 0.481 e. The van der Waals surface area contributed by atoms with Gasteiger partial charge in [-0.2, -0.15) is 0 Å². The summed E-state index contributed by atoms with van der Waals surface area (Å²) >= 11 is 0. The van der Waals surface area contributed by atoms with Crippen LogP contribution in [-0.2, 0) is 4.79 Å². The highest BCUT2D eigenvalue weighted by Gasteiger charge is 2.17. The van der Waals surface area contributed by atoms with Gasteiger partial charge >= 0.3 is 5.97 Å². The van der Waals surface area contributed by atoms with Gasteiger partial charge in [0, 0.05) is 5.56 Å². The van der Waals surface area contributed by atoms with Crippen molar-refractivity contribution in [3.63, 3.8) is 0 Å². The van der Waals surface area contributed by atoms with Crippen LogP contribution in [0.5, 0.6) is 0 Å². The summed E-state index contributed by atoms with van der Waals surface area (Å²) in [5.41, 5.74) is 5.87. The monoisotopic (exact) mass is 193 g/mol. The lowest BCUT2D eigenvalue weighted by atomic mass is 10.0. The van der Waals surface area contributed by atoms with Crippen molar-refractivity contribution >= 4 is 11.8 Å². The molecule has 1 aromatic rings. The minimum atomic E-state index is -1.07. The van der Waals surface area contributed by atoms with Crippen LogP contribution in [0, 0.1) is 0 Å². The predicted molar refractivity (Wildman–Crippen MR) is 51.0 cm³/mol. The standard InChI is InChI=1S/C10H11NO3/c11-8(6-9(12)13)10(14)7-4-2-1-3-5-7/h1-5,8H,6,11H2,(H,12,13). The first kappa shape index (κ1) is 10.4. The van der Waals surface area contributed by atoms with E-state index < -0.39 is 12.0 Å². The predicted octanol–water partition coefficient (Wildman–Crippen LogP) is 0.671. The number of carboxylic acid groups (broad SMARTS) is 1. The maximum Gasteiger partial charge on any atom is 0.305 e. The van der Waals surface area contributed by atoms with Crippen LogP contribution in [0.4, 0.5) is 0 Å². The molecule has 0 fully saturated rings. The van der Waals surface area contributed by atoms with Gasteiger partial charge in [0.1, 0.15) is 0 Å². The van der Waals surface area contributed by atoms with E-state index in [1.54, 1.807) is 30.3 Å². The van der Waals surface area contributed by atoms with E-state index in [9.17, 15) is 9.59 Å². The van der Waals surface area contributed by atoms with Crippen LogP contribution < -0.4 is 5.73 Å². The fraction of sp³-hybridized carbons (Fsp3) is 0.200. The summed E-state index contributed by atoms with van der Waals surface area (Å²) in [6.45, 7) is 0. The van der Waals surface area contributed by atoms with E-state index in [1.807, 2.05) is 0 Å². The Morgan fingerprint density at radius 2 is 1.86 bits per heavy atom. The zero-order chi connectivity index (χ0) is 10.6. The van der Waals surface area contributed by atoms with Gasteiger partial charge in [-0.3, -0.25) is 9.59 Å². The lowest BCUT2D eigenvalue weighted by Gasteiger charge is -2.06. The van der Waals surface area contributed by atoms with Gasteiger partial charge < -0.3 is 10.8 Å². The van der Waals surface area contributed by atoms with Crippen LogP contribution in [-0.4, -0.2) is 22.9 Å². The summed E-state index contributed by atoms with van der Waals surface area (Å²) in [7, 11) is 0. The molecule has 0 bridgehead atoms. The third-order valence-corrected chi connectivity index (χ3v) is 1.79. The van der Waals surface area contributed by atoms with Crippen LogP contribution in [0.3, 0.4) is 0 Å². The topological polar surface area (TPSA) is 80.4 Å². The summed E-state index contributed by atoms with van der Waals surface area (Å²) in [5, 5.41) is 8.45. The Bertz CT molecular complexity index is 334. The maximum absolute atomic E-state index is 11.5. The Hall–Kier alpha value is -1.68. The van der Waals surface area contributed by atoms with Crippen LogP contribution in [0.1, 0.15) is 16.8 Å². The van der Waals surface area contributed by atoms with Gasteiger partial charge in [0.15, 0.2) is 5.78 Å². The van der Waals surface area contributed by atoms with Gasteiger partial charge in [0.2, 0.25) is 0 Å². The first-order chi connectivity index (χ1) is 6.61. The number of benzene rings is 1. The van der Waals surface area contributed by atoms with E-state index in [2.05, 4.69) is 0 Å². The van der Waals surface area contributed by atoms with Crippen LogP contribution in [0.15, 0.2) is 30.3 Å². The maximum atomic E-state index is 11.5. The number of aliphatic carboxylic acids is 1. The van der Waals surface area contributed by atoms with E-state index in [0.717, 1.165) is 0 Å². The van der Waals surface area contributed by atoms with Crippen molar-refractivity contribution in [1.82, 2.24) is 0 Å². The van der Waals surface area contributed by atoms with Gasteiger partial charge in [0.25, 0.3) is 0 Å².